The molecule has 316 valence electrons. The highest BCUT2D eigenvalue weighted by Crippen LogP contribution is 2.51. The second-order valence-electron chi connectivity index (χ2n) is 18.2. The minimum atomic E-state index is -0.845. The quantitative estimate of drug-likeness (QED) is 0.208. The molecular formula is C43H55ClN8O5S2. The Hall–Kier alpha value is -3.60. The molecule has 9 rings (SSSR count). The first kappa shape index (κ1) is 40.8. The predicted octanol–water partition coefficient (Wildman–Crippen LogP) is 6.18. The lowest BCUT2D eigenvalue weighted by molar-refractivity contribution is -0.156. The van der Waals surface area contributed by atoms with Crippen molar-refractivity contribution in [1.29, 1.82) is 0 Å². The van der Waals surface area contributed by atoms with Crippen LogP contribution in [0.1, 0.15) is 69.8 Å². The number of carbonyl (C=O) groups excluding carboxylic acids is 3. The summed E-state index contributed by atoms with van der Waals surface area (Å²) in [7, 11) is 3.88. The molecule has 7 atom stereocenters. The first-order chi connectivity index (χ1) is 28.2. The molecule has 7 heterocycles. The van der Waals surface area contributed by atoms with Gasteiger partial charge in [-0.15, -0.1) is 22.7 Å². The number of halogens is 1. The SMILES string of the molecule is CCn1c(-c2cc(N3CCN(C)CC3)cnc2[C@H](C)OC)c2c3c(Cl)c(sc31)-c1csc(n1)C[C@H](NC(=O)[C@H]1C[C@@H]1C)C(=O)N1C[C@@H]3C[C@@H]3[C@H](N1)C(=O)OCC(C)(C)C2. The van der Waals surface area contributed by atoms with Crippen LogP contribution in [0.4, 0.5) is 5.69 Å². The maximum atomic E-state index is 14.3. The number of amides is 2. The van der Waals surface area contributed by atoms with Crippen molar-refractivity contribution in [2.24, 2.45) is 29.1 Å². The van der Waals surface area contributed by atoms with Gasteiger partial charge in [-0.05, 0) is 69.5 Å². The molecule has 13 nitrogen and oxygen atoms in total. The molecule has 16 heteroatoms. The van der Waals surface area contributed by atoms with Crippen LogP contribution in [0.2, 0.25) is 5.02 Å². The van der Waals surface area contributed by atoms with Crippen molar-refractivity contribution >= 4 is 68.0 Å². The van der Waals surface area contributed by atoms with Gasteiger partial charge in [0.05, 0.1) is 56.6 Å². The maximum absolute atomic E-state index is 14.3. The Morgan fingerprint density at radius 1 is 1.20 bits per heavy atom. The molecule has 0 spiro atoms. The average Bonchev–Trinajstić information content (AvgIpc) is 4.04. The number of pyridine rings is 1. The zero-order chi connectivity index (χ0) is 41.5. The predicted molar refractivity (Wildman–Crippen MR) is 232 cm³/mol. The van der Waals surface area contributed by atoms with Crippen LogP contribution in [0.3, 0.4) is 0 Å². The first-order valence-electron chi connectivity index (χ1n) is 21.0. The summed E-state index contributed by atoms with van der Waals surface area (Å²) in [5.74, 6) is -0.276. The van der Waals surface area contributed by atoms with Gasteiger partial charge in [-0.2, -0.15) is 0 Å². The number of hydrogen-bond acceptors (Lipinski definition) is 12. The first-order valence-corrected chi connectivity index (χ1v) is 23.1. The van der Waals surface area contributed by atoms with Crippen molar-refractivity contribution in [3.63, 3.8) is 0 Å². The number of hydrogen-bond donors (Lipinski definition) is 2. The number of thiophene rings is 1. The van der Waals surface area contributed by atoms with E-state index in [1.807, 2.05) is 25.4 Å². The number of rotatable bonds is 7. The van der Waals surface area contributed by atoms with Gasteiger partial charge >= 0.3 is 5.97 Å². The number of esters is 1. The summed E-state index contributed by atoms with van der Waals surface area (Å²) >= 11 is 10.7. The van der Waals surface area contributed by atoms with Crippen LogP contribution in [-0.2, 0) is 43.2 Å². The minimum Gasteiger partial charge on any atom is -0.464 e. The number of fused-ring (bicyclic) bond motifs is 8. The van der Waals surface area contributed by atoms with Crippen LogP contribution in [0, 0.1) is 29.1 Å². The summed E-state index contributed by atoms with van der Waals surface area (Å²) in [4.78, 5) is 58.5. The highest BCUT2D eigenvalue weighted by atomic mass is 35.5. The van der Waals surface area contributed by atoms with E-state index in [4.69, 9.17) is 31.0 Å². The van der Waals surface area contributed by atoms with E-state index in [0.717, 1.165) is 93.0 Å². The molecule has 2 aliphatic carbocycles. The number of methoxy groups -OCH3 is 1. The number of ether oxygens (including phenoxy) is 2. The van der Waals surface area contributed by atoms with Gasteiger partial charge in [-0.3, -0.25) is 24.4 Å². The Labute approximate surface area is 358 Å². The molecule has 6 bridgehead atoms. The lowest BCUT2D eigenvalue weighted by atomic mass is 9.84. The smallest absolute Gasteiger partial charge is 0.325 e. The van der Waals surface area contributed by atoms with Gasteiger partial charge in [0.15, 0.2) is 0 Å². The number of aryl methyl sites for hydroxylation is 1. The van der Waals surface area contributed by atoms with Crippen molar-refractivity contribution < 1.29 is 23.9 Å². The normalized spacial score (nSPS) is 27.6. The van der Waals surface area contributed by atoms with Crippen molar-refractivity contribution in [1.82, 2.24) is 35.2 Å². The van der Waals surface area contributed by atoms with Crippen molar-refractivity contribution in [2.45, 2.75) is 85.0 Å². The highest BCUT2D eigenvalue weighted by molar-refractivity contribution is 7.23. The number of nitrogens with zero attached hydrogens (tertiary/aromatic N) is 6. The van der Waals surface area contributed by atoms with E-state index in [9.17, 15) is 14.4 Å². The summed E-state index contributed by atoms with van der Waals surface area (Å²) in [6, 6.07) is 0.775. The van der Waals surface area contributed by atoms with Gasteiger partial charge < -0.3 is 29.2 Å². The Bertz CT molecular complexity index is 2300. The lowest BCUT2D eigenvalue weighted by Crippen LogP contribution is -2.61. The summed E-state index contributed by atoms with van der Waals surface area (Å²) in [6.07, 6.45) is 4.13. The Balaban J connectivity index is 1.18. The molecule has 4 aromatic rings. The van der Waals surface area contributed by atoms with Crippen LogP contribution in [0.15, 0.2) is 17.6 Å². The number of anilines is 1. The van der Waals surface area contributed by atoms with Crippen LogP contribution in [0.5, 0.6) is 0 Å². The summed E-state index contributed by atoms with van der Waals surface area (Å²) in [6.45, 7) is 15.6. The van der Waals surface area contributed by atoms with Crippen molar-refractivity contribution in [2.75, 3.05) is 58.4 Å². The lowest BCUT2D eigenvalue weighted by Gasteiger charge is -2.35. The second-order valence-corrected chi connectivity index (χ2v) is 20.5. The zero-order valence-electron chi connectivity index (χ0n) is 35.0. The third-order valence-corrected chi connectivity index (χ3v) is 15.7. The Morgan fingerprint density at radius 2 is 1.97 bits per heavy atom. The van der Waals surface area contributed by atoms with Gasteiger partial charge in [-0.25, -0.2) is 10.4 Å². The molecule has 4 aromatic heterocycles. The van der Waals surface area contributed by atoms with Crippen molar-refractivity contribution in [3.05, 3.63) is 38.9 Å². The molecule has 0 unspecified atom stereocenters. The third-order valence-electron chi connectivity index (χ3n) is 13.1. The molecular weight excluding hydrogens is 808 g/mol. The molecule has 2 saturated carbocycles. The largest absolute Gasteiger partial charge is 0.464 e. The van der Waals surface area contributed by atoms with Crippen LogP contribution in [0.25, 0.3) is 32.0 Å². The van der Waals surface area contributed by atoms with Crippen LogP contribution in [-0.4, -0.2) is 108 Å². The summed E-state index contributed by atoms with van der Waals surface area (Å²) < 4.78 is 14.5. The van der Waals surface area contributed by atoms with Gasteiger partial charge in [-0.1, -0.05) is 32.4 Å². The van der Waals surface area contributed by atoms with Gasteiger partial charge in [0.25, 0.3) is 5.91 Å². The number of thiazole rings is 1. The fourth-order valence-electron chi connectivity index (χ4n) is 9.25. The number of piperazine rings is 1. The van der Waals surface area contributed by atoms with Crippen molar-refractivity contribution in [3.8, 4) is 21.8 Å². The molecule has 2 saturated heterocycles. The Kier molecular flexibility index (Phi) is 10.9. The van der Waals surface area contributed by atoms with E-state index in [1.54, 1.807) is 23.5 Å². The van der Waals surface area contributed by atoms with Crippen LogP contribution < -0.4 is 15.6 Å². The number of hydrazine groups is 1. The van der Waals surface area contributed by atoms with Crippen LogP contribution >= 0.6 is 34.3 Å². The fourth-order valence-corrected chi connectivity index (χ4v) is 11.9. The topological polar surface area (TPSA) is 134 Å². The number of nitrogens with one attached hydrogen (secondary N) is 2. The molecule has 2 N–H and O–H groups in total. The molecule has 3 aliphatic heterocycles. The average molecular weight is 864 g/mol. The highest BCUT2D eigenvalue weighted by Gasteiger charge is 2.53. The number of aromatic nitrogens is 3. The molecule has 4 fully saturated rings. The molecule has 0 aromatic carbocycles. The maximum Gasteiger partial charge on any atom is 0.325 e. The second kappa shape index (κ2) is 15.7. The third kappa shape index (κ3) is 7.69. The zero-order valence-corrected chi connectivity index (χ0v) is 37.4. The molecule has 2 amide bonds. The fraction of sp³-hybridized carbons (Fsp3) is 0.605. The molecule has 59 heavy (non-hydrogen) atoms. The monoisotopic (exact) mass is 862 g/mol. The van der Waals surface area contributed by atoms with E-state index in [2.05, 4.69) is 59.0 Å². The minimum absolute atomic E-state index is 0.0938. The van der Waals surface area contributed by atoms with E-state index in [-0.39, 0.29) is 60.6 Å². The number of likely N-dealkylation sites (N-methyl/N-ethyl adjacent to an activating group) is 1. The number of cyclic esters (lactones) is 1. The van der Waals surface area contributed by atoms with E-state index >= 15 is 0 Å². The number of carbonyl (C=O) groups is 3. The summed E-state index contributed by atoms with van der Waals surface area (Å²) in [5.41, 5.74) is 8.53. The Morgan fingerprint density at radius 3 is 2.68 bits per heavy atom. The van der Waals surface area contributed by atoms with E-state index < -0.39 is 17.5 Å². The molecule has 0 radical (unpaired) electrons. The van der Waals surface area contributed by atoms with Gasteiger partial charge in [0.1, 0.15) is 16.9 Å². The standard InChI is InChI=1S/C43H55ClN8O5S2/c1-8-51-37(28-15-25(18-45-35(28)23(3)56-7)50-11-9-49(6)10-12-50)29-17-43(4,5)21-57-42(55)36-27-14-24(27)19-52(48-36)40(54)30(47-39(53)26-13-22(26)2)16-32-46-31(20-58-32)38-34(44)33(29)41(51)59-38/h15,18,20,22-24,26-27,30,36,48H,8-14,16-17,19,21H2,1-7H3,(H,47,53)/t22-,23-,24-,26-,27-,30-,36-/m0/s1. The molecule has 5 aliphatic rings. The van der Waals surface area contributed by atoms with Gasteiger partial charge in [0, 0.05) is 80.5 Å². The van der Waals surface area contributed by atoms with Gasteiger partial charge in [0.2, 0.25) is 5.91 Å². The summed E-state index contributed by atoms with van der Waals surface area (Å²) in [5, 5.41) is 8.93. The van der Waals surface area contributed by atoms with E-state index in [0.29, 0.717) is 24.5 Å². The van der Waals surface area contributed by atoms with E-state index in [1.165, 1.54) is 11.3 Å².